The van der Waals surface area contributed by atoms with Crippen molar-refractivity contribution in [3.63, 3.8) is 0 Å². The molecule has 170 valence electrons. The largest absolute Gasteiger partial charge is 1.00 e. The molecule has 0 bridgehead atoms. The third-order valence-electron chi connectivity index (χ3n) is 2.91. The van der Waals surface area contributed by atoms with Crippen LogP contribution in [-0.2, 0) is 0 Å². The van der Waals surface area contributed by atoms with Crippen molar-refractivity contribution in [3.8, 4) is 11.9 Å². The second kappa shape index (κ2) is 33.4. The number of rotatable bonds is 2. The Hall–Kier alpha value is 1.26. The van der Waals surface area contributed by atoms with Crippen molar-refractivity contribution in [3.05, 3.63) is 31.5 Å². The zero-order valence-electron chi connectivity index (χ0n) is 18.7. The molecule has 31 heavy (non-hydrogen) atoms. The summed E-state index contributed by atoms with van der Waals surface area (Å²) < 4.78 is 39.9. The van der Waals surface area contributed by atoms with Crippen LogP contribution >= 0.6 is 0 Å². The molecular formula is C15H26BCl2F4K2N6O-. The van der Waals surface area contributed by atoms with Gasteiger partial charge in [0.05, 0.1) is 25.3 Å². The molecule has 2 aliphatic heterocycles. The van der Waals surface area contributed by atoms with E-state index in [1.165, 1.54) is 0 Å². The molecule has 0 spiro atoms. The Labute approximate surface area is 280 Å². The first-order chi connectivity index (χ1) is 12.2. The average molecular weight is 542 g/mol. The molecule has 0 saturated heterocycles. The summed E-state index contributed by atoms with van der Waals surface area (Å²) in [6.45, 7) is 3.60. The molecular weight excluding hydrogens is 516 g/mol. The van der Waals surface area contributed by atoms with Gasteiger partial charge in [0, 0.05) is 52.0 Å². The minimum absolute atomic E-state index is 0. The Morgan fingerprint density at radius 1 is 0.839 bits per heavy atom. The minimum atomic E-state index is -3.08. The molecule has 2 aliphatic rings. The van der Waals surface area contributed by atoms with Crippen LogP contribution in [0.2, 0.25) is 0 Å². The van der Waals surface area contributed by atoms with Gasteiger partial charge in [0.1, 0.15) is 0 Å². The summed E-state index contributed by atoms with van der Waals surface area (Å²) in [5, 5.41) is 15.0. The monoisotopic (exact) mass is 541 g/mol. The molecule has 0 aromatic carbocycles. The third kappa shape index (κ3) is 36.0. The fraction of sp³-hybridized carbons (Fsp3) is 0.533. The normalized spacial score (nSPS) is 11.6. The van der Waals surface area contributed by atoms with Gasteiger partial charge in [-0.05, 0) is 13.8 Å². The van der Waals surface area contributed by atoms with E-state index in [0.717, 1.165) is 38.4 Å². The van der Waals surface area contributed by atoms with Crippen molar-refractivity contribution in [2.75, 3.05) is 40.5 Å². The number of halogens is 6. The topological polar surface area (TPSA) is 92.0 Å². The first kappa shape index (κ1) is 49.4. The van der Waals surface area contributed by atoms with Crippen LogP contribution in [0.1, 0.15) is 13.8 Å². The molecule has 0 unspecified atom stereocenters. The summed E-state index contributed by atoms with van der Waals surface area (Å²) in [6, 6.07) is 0. The summed E-state index contributed by atoms with van der Waals surface area (Å²) >= 11 is 0. The summed E-state index contributed by atoms with van der Waals surface area (Å²) in [5.41, 5.74) is 0. The van der Waals surface area contributed by atoms with Gasteiger partial charge in [0.2, 0.25) is 0 Å². The maximum absolute atomic E-state index is 11.1. The molecule has 0 saturated carbocycles. The van der Waals surface area contributed by atoms with Gasteiger partial charge in [0.25, 0.3) is 0 Å². The van der Waals surface area contributed by atoms with Crippen molar-refractivity contribution in [1.29, 1.82) is 10.5 Å². The third-order valence-corrected chi connectivity index (χ3v) is 2.91. The van der Waals surface area contributed by atoms with Crippen molar-refractivity contribution in [1.82, 2.24) is 19.6 Å². The SMILES string of the molecule is CCN1C=CN(C)C1.CCN1C=CN(C)C1.F[C-](F)F.N#CB(F)C#N.O.[Cl-].[Cl-].[K+].[K+]. The molecule has 0 aromatic rings. The van der Waals surface area contributed by atoms with E-state index >= 15 is 0 Å². The minimum Gasteiger partial charge on any atom is -1.00 e. The Balaban J connectivity index is -0.0000000483. The van der Waals surface area contributed by atoms with E-state index in [2.05, 4.69) is 72.3 Å². The molecule has 7 nitrogen and oxygen atoms in total. The Morgan fingerprint density at radius 2 is 1.10 bits per heavy atom. The molecule has 0 radical (unpaired) electrons. The Bertz CT molecular complexity index is 476. The predicted molar refractivity (Wildman–Crippen MR) is 96.6 cm³/mol. The van der Waals surface area contributed by atoms with Crippen LogP contribution in [0.25, 0.3) is 0 Å². The van der Waals surface area contributed by atoms with Gasteiger partial charge in [-0.1, -0.05) is 0 Å². The van der Waals surface area contributed by atoms with Crippen LogP contribution in [-0.4, -0.2) is 72.6 Å². The van der Waals surface area contributed by atoms with Crippen LogP contribution in [0.4, 0.5) is 17.5 Å². The van der Waals surface area contributed by atoms with E-state index in [0.29, 0.717) is 0 Å². The van der Waals surface area contributed by atoms with Gasteiger partial charge in [-0.15, -0.1) is 0 Å². The number of hydrogen-bond donors (Lipinski definition) is 0. The smallest absolute Gasteiger partial charge is 1.00 e. The molecule has 16 heteroatoms. The fourth-order valence-corrected chi connectivity index (χ4v) is 1.62. The summed E-state index contributed by atoms with van der Waals surface area (Å²) in [5.74, 6) is 2.17. The van der Waals surface area contributed by atoms with Gasteiger partial charge < -0.3 is 63.1 Å². The van der Waals surface area contributed by atoms with E-state index in [1.54, 1.807) is 0 Å². The van der Waals surface area contributed by atoms with Gasteiger partial charge in [-0.3, -0.25) is 4.32 Å². The van der Waals surface area contributed by atoms with E-state index in [1.807, 2.05) is 0 Å². The van der Waals surface area contributed by atoms with Gasteiger partial charge in [-0.25, -0.2) is 10.5 Å². The first-order valence-corrected chi connectivity index (χ1v) is 7.72. The zero-order valence-corrected chi connectivity index (χ0v) is 26.4. The maximum atomic E-state index is 11.1. The van der Waals surface area contributed by atoms with E-state index in [-0.39, 0.29) is 133 Å². The second-order valence-corrected chi connectivity index (χ2v) is 5.04. The van der Waals surface area contributed by atoms with E-state index in [9.17, 15) is 17.5 Å². The maximum Gasteiger partial charge on any atom is 1.00 e. The predicted octanol–water partition coefficient (Wildman–Crippen LogP) is -10.0. The van der Waals surface area contributed by atoms with Gasteiger partial charge in [-0.2, -0.15) is 0 Å². The molecule has 2 rings (SSSR count). The molecule has 0 amide bonds. The number of nitrogens with zero attached hydrogens (tertiary/aromatic N) is 6. The molecule has 0 fully saturated rings. The molecule has 2 N–H and O–H groups in total. The van der Waals surface area contributed by atoms with Crippen molar-refractivity contribution >= 4 is 6.99 Å². The Morgan fingerprint density at radius 3 is 1.16 bits per heavy atom. The van der Waals surface area contributed by atoms with Crippen LogP contribution in [0, 0.1) is 29.1 Å². The van der Waals surface area contributed by atoms with Crippen molar-refractivity contribution < 1.29 is 151 Å². The molecule has 2 heterocycles. The van der Waals surface area contributed by atoms with Crippen molar-refractivity contribution in [2.24, 2.45) is 0 Å². The van der Waals surface area contributed by atoms with Crippen LogP contribution < -0.4 is 128 Å². The standard InChI is InChI=1S/2C6H12N2.C2BFN2.CF3.2ClH.2K.H2O/c2*1-3-8-5-4-7(2)6-8;4-3(1-5)2-6;2-1(3)4;;;;;/h2*4-5H,3,6H2,1-2H3;;;2*1H;;;1H2/q;;;-1;;;2*+1;/p-2. The number of hydrogen-bond acceptors (Lipinski definition) is 6. The van der Waals surface area contributed by atoms with Gasteiger partial charge >= 0.3 is 110 Å². The van der Waals surface area contributed by atoms with Crippen molar-refractivity contribution in [2.45, 2.75) is 13.8 Å². The quantitative estimate of drug-likeness (QED) is 0.196. The van der Waals surface area contributed by atoms with E-state index in [4.69, 9.17) is 10.5 Å². The fourth-order valence-electron chi connectivity index (χ4n) is 1.62. The summed E-state index contributed by atoms with van der Waals surface area (Å²) in [6.07, 6.45) is 8.40. The average Bonchev–Trinajstić information content (AvgIpc) is 3.22. The summed E-state index contributed by atoms with van der Waals surface area (Å²) in [7, 11) is 4.15. The second-order valence-electron chi connectivity index (χ2n) is 5.04. The first-order valence-electron chi connectivity index (χ1n) is 7.72. The van der Waals surface area contributed by atoms with Crippen LogP contribution in [0.5, 0.6) is 0 Å². The van der Waals surface area contributed by atoms with Crippen LogP contribution in [0.15, 0.2) is 24.8 Å². The van der Waals surface area contributed by atoms with Crippen LogP contribution in [0.3, 0.4) is 0 Å². The molecule has 0 aliphatic carbocycles. The zero-order chi connectivity index (χ0) is 20.5. The number of nitriles is 2. The Kier molecular flexibility index (Phi) is 53.3. The van der Waals surface area contributed by atoms with E-state index < -0.39 is 13.7 Å². The van der Waals surface area contributed by atoms with Gasteiger partial charge in [0.15, 0.2) is 6.68 Å². The molecule has 0 aromatic heterocycles. The molecule has 0 atom stereocenters. The summed E-state index contributed by atoms with van der Waals surface area (Å²) in [4.78, 5) is 8.81.